The molecule has 0 aliphatic rings. The van der Waals surface area contributed by atoms with Crippen LogP contribution in [0.15, 0.2) is 72.9 Å². The molecule has 0 aliphatic heterocycles. The number of hydrogen-bond donors (Lipinski definition) is 3. The molecule has 0 heterocycles. The summed E-state index contributed by atoms with van der Waals surface area (Å²) in [6.45, 7) is 2.55. The van der Waals surface area contributed by atoms with Gasteiger partial charge in [0.2, 0.25) is 0 Å². The molecule has 3 atom stereocenters. The molecule has 11 nitrogen and oxygen atoms in total. The minimum atomic E-state index is -4.73. The second-order valence-electron chi connectivity index (χ2n) is 12.3. The summed E-state index contributed by atoms with van der Waals surface area (Å²) in [5.74, 6) is -2.50. The number of hydrogen-bond acceptors (Lipinski definition) is 9. The van der Waals surface area contributed by atoms with Gasteiger partial charge in [-0.25, -0.2) is 4.57 Å². The first kappa shape index (κ1) is 48.9. The van der Waals surface area contributed by atoms with E-state index in [9.17, 15) is 23.8 Å². The third-order valence-corrected chi connectivity index (χ3v) is 8.43. The van der Waals surface area contributed by atoms with Gasteiger partial charge < -0.3 is 25.2 Å². The fourth-order valence-corrected chi connectivity index (χ4v) is 5.28. The van der Waals surface area contributed by atoms with Crippen molar-refractivity contribution < 1.29 is 47.5 Å². The Kier molecular flexibility index (Phi) is 32.9. The number of phosphoric acid groups is 1. The number of carboxylic acid groups (broad SMARTS) is 1. The molecule has 0 aliphatic carbocycles. The zero-order valence-corrected chi connectivity index (χ0v) is 32.5. The van der Waals surface area contributed by atoms with Crippen LogP contribution in [0.3, 0.4) is 0 Å². The fourth-order valence-electron chi connectivity index (χ4n) is 4.50. The summed E-state index contributed by atoms with van der Waals surface area (Å²) in [4.78, 5) is 45.6. The maximum absolute atomic E-state index is 12.5. The lowest BCUT2D eigenvalue weighted by atomic mass is 10.1. The molecule has 296 valence electrons. The summed E-state index contributed by atoms with van der Waals surface area (Å²) in [5.41, 5.74) is 5.30. The largest absolute Gasteiger partial charge is 0.480 e. The van der Waals surface area contributed by atoms with E-state index in [4.69, 9.17) is 24.8 Å². The number of allylic oxidation sites excluding steroid dienone is 12. The molecule has 0 saturated heterocycles. The number of carboxylic acids is 1. The number of nitrogens with two attached hydrogens (primary N) is 1. The number of unbranched alkanes of at least 4 members (excludes halogenated alkanes) is 8. The second kappa shape index (κ2) is 35.0. The number of carbonyl (C=O) groups excluding carboxylic acids is 2. The molecule has 4 N–H and O–H groups in total. The number of phosphoric ester groups is 1. The molecular formula is C40H66NO10P. The molecule has 0 saturated carbocycles. The Balaban J connectivity index is 4.57. The average Bonchev–Trinajstić information content (AvgIpc) is 3.12. The number of esters is 2. The van der Waals surface area contributed by atoms with Gasteiger partial charge in [-0.05, 0) is 51.4 Å². The molecule has 0 aromatic carbocycles. The van der Waals surface area contributed by atoms with E-state index >= 15 is 0 Å². The maximum Gasteiger partial charge on any atom is 0.472 e. The van der Waals surface area contributed by atoms with Gasteiger partial charge in [0.1, 0.15) is 12.6 Å². The molecule has 0 rings (SSSR count). The van der Waals surface area contributed by atoms with Crippen molar-refractivity contribution in [3.63, 3.8) is 0 Å². The number of rotatable bonds is 34. The van der Waals surface area contributed by atoms with Crippen LogP contribution in [-0.2, 0) is 37.5 Å². The van der Waals surface area contributed by atoms with E-state index in [-0.39, 0.29) is 19.4 Å². The molecule has 0 fully saturated rings. The van der Waals surface area contributed by atoms with E-state index in [0.717, 1.165) is 51.4 Å². The van der Waals surface area contributed by atoms with Crippen LogP contribution < -0.4 is 5.73 Å². The van der Waals surface area contributed by atoms with Crippen LogP contribution in [0, 0.1) is 0 Å². The van der Waals surface area contributed by atoms with Crippen molar-refractivity contribution in [1.29, 1.82) is 0 Å². The number of aliphatic carboxylic acids is 1. The van der Waals surface area contributed by atoms with Crippen LogP contribution in [0.25, 0.3) is 0 Å². The Morgan fingerprint density at radius 3 is 1.58 bits per heavy atom. The van der Waals surface area contributed by atoms with E-state index < -0.39 is 51.1 Å². The van der Waals surface area contributed by atoms with Crippen LogP contribution >= 0.6 is 7.82 Å². The first-order valence-corrected chi connectivity index (χ1v) is 20.5. The number of carbonyl (C=O) groups is 3. The lowest BCUT2D eigenvalue weighted by Gasteiger charge is -2.20. The standard InChI is InChI=1S/C40H66NO10P/c1-3-5-7-9-11-13-14-15-16-17-18-19-20-21-22-24-26-28-30-32-39(43)51-36(34-49-52(46,47)50-35-37(41)40(44)45)33-48-38(42)31-29-27-25-23-12-10-8-6-4-2/h5,7,11,13,15-16,18-19,21-22,26,28,36-37H,3-4,6,8-10,12,14,17,20,23-25,27,29-35,41H2,1-2H3,(H,44,45)(H,46,47)/b7-5-,13-11-,16-15-,19-18-,22-21-,28-26-/t36-,37+/m1/s1. The first-order valence-electron chi connectivity index (χ1n) is 19.0. The van der Waals surface area contributed by atoms with Crippen molar-refractivity contribution in [3.8, 4) is 0 Å². The van der Waals surface area contributed by atoms with E-state index in [1.807, 2.05) is 18.2 Å². The zero-order chi connectivity index (χ0) is 38.5. The summed E-state index contributed by atoms with van der Waals surface area (Å²) in [6, 6.07) is -1.53. The summed E-state index contributed by atoms with van der Waals surface area (Å²) >= 11 is 0. The molecule has 0 aromatic rings. The quantitative estimate of drug-likeness (QED) is 0.0248. The Morgan fingerprint density at radius 1 is 0.615 bits per heavy atom. The van der Waals surface area contributed by atoms with Crippen LogP contribution in [0.5, 0.6) is 0 Å². The van der Waals surface area contributed by atoms with Crippen LogP contribution in [0.1, 0.15) is 129 Å². The van der Waals surface area contributed by atoms with Gasteiger partial charge in [-0.15, -0.1) is 0 Å². The minimum absolute atomic E-state index is 0.0335. The van der Waals surface area contributed by atoms with Crippen molar-refractivity contribution >= 4 is 25.7 Å². The summed E-state index contributed by atoms with van der Waals surface area (Å²) < 4.78 is 32.4. The van der Waals surface area contributed by atoms with Gasteiger partial charge in [0.25, 0.3) is 0 Å². The van der Waals surface area contributed by atoms with E-state index in [1.165, 1.54) is 32.1 Å². The average molecular weight is 752 g/mol. The van der Waals surface area contributed by atoms with Crippen LogP contribution in [0.4, 0.5) is 0 Å². The minimum Gasteiger partial charge on any atom is -0.480 e. The lowest BCUT2D eigenvalue weighted by molar-refractivity contribution is -0.161. The Labute approximate surface area is 312 Å². The van der Waals surface area contributed by atoms with Crippen molar-refractivity contribution in [2.45, 2.75) is 142 Å². The SMILES string of the molecule is CC/C=C\C/C=C\C/C=C\C/C=C\C/C=C\C/C=C\CCC(=O)O[C@H](COC(=O)CCCCCCCCCCC)COP(=O)(O)OC[C@H](N)C(=O)O. The van der Waals surface area contributed by atoms with E-state index in [1.54, 1.807) is 0 Å². The highest BCUT2D eigenvalue weighted by molar-refractivity contribution is 7.47. The van der Waals surface area contributed by atoms with Crippen molar-refractivity contribution in [3.05, 3.63) is 72.9 Å². The second-order valence-corrected chi connectivity index (χ2v) is 13.8. The highest BCUT2D eigenvalue weighted by atomic mass is 31.2. The highest BCUT2D eigenvalue weighted by Gasteiger charge is 2.28. The van der Waals surface area contributed by atoms with Gasteiger partial charge in [-0.3, -0.25) is 23.4 Å². The molecule has 0 bridgehead atoms. The molecule has 1 unspecified atom stereocenters. The molecule has 0 spiro atoms. The summed E-state index contributed by atoms with van der Waals surface area (Å²) in [7, 11) is -4.73. The normalized spacial score (nSPS) is 14.7. The first-order chi connectivity index (χ1) is 25.1. The third kappa shape index (κ3) is 34.0. The Hall–Kier alpha value is -3.08. The fraction of sp³-hybridized carbons (Fsp3) is 0.625. The summed E-state index contributed by atoms with van der Waals surface area (Å²) in [6.07, 6.45) is 40.0. The van der Waals surface area contributed by atoms with Gasteiger partial charge in [0.15, 0.2) is 6.10 Å². The van der Waals surface area contributed by atoms with Gasteiger partial charge in [0, 0.05) is 12.8 Å². The van der Waals surface area contributed by atoms with Gasteiger partial charge in [-0.1, -0.05) is 138 Å². The van der Waals surface area contributed by atoms with Crippen LogP contribution in [-0.4, -0.2) is 59.9 Å². The number of ether oxygens (including phenoxy) is 2. The van der Waals surface area contributed by atoms with E-state index in [0.29, 0.717) is 19.3 Å². The monoisotopic (exact) mass is 751 g/mol. The lowest BCUT2D eigenvalue weighted by Crippen LogP contribution is -2.34. The van der Waals surface area contributed by atoms with Gasteiger partial charge in [-0.2, -0.15) is 0 Å². The topological polar surface area (TPSA) is 172 Å². The molecule has 0 radical (unpaired) electrons. The van der Waals surface area contributed by atoms with Gasteiger partial charge in [0.05, 0.1) is 13.2 Å². The van der Waals surface area contributed by atoms with Crippen molar-refractivity contribution in [2.75, 3.05) is 19.8 Å². The molecule has 0 amide bonds. The molecular weight excluding hydrogens is 685 g/mol. The third-order valence-electron chi connectivity index (χ3n) is 7.48. The molecule has 12 heteroatoms. The molecule has 0 aromatic heterocycles. The molecule has 52 heavy (non-hydrogen) atoms. The van der Waals surface area contributed by atoms with Gasteiger partial charge >= 0.3 is 25.7 Å². The van der Waals surface area contributed by atoms with E-state index in [2.05, 4.69) is 73.1 Å². The van der Waals surface area contributed by atoms with Crippen LogP contribution in [0.2, 0.25) is 0 Å². The predicted molar refractivity (Wildman–Crippen MR) is 207 cm³/mol. The Morgan fingerprint density at radius 2 is 1.08 bits per heavy atom. The maximum atomic E-state index is 12.5. The van der Waals surface area contributed by atoms with Crippen molar-refractivity contribution in [1.82, 2.24) is 0 Å². The highest BCUT2D eigenvalue weighted by Crippen LogP contribution is 2.43. The Bertz CT molecular complexity index is 1160. The summed E-state index contributed by atoms with van der Waals surface area (Å²) in [5, 5.41) is 8.85. The van der Waals surface area contributed by atoms with Crippen molar-refractivity contribution in [2.24, 2.45) is 5.73 Å². The zero-order valence-electron chi connectivity index (χ0n) is 31.6. The predicted octanol–water partition coefficient (Wildman–Crippen LogP) is 9.39. The smallest absolute Gasteiger partial charge is 0.472 e.